The Hall–Kier alpha value is -2.62. The average molecular weight is 305 g/mol. The van der Waals surface area contributed by atoms with Crippen LogP contribution in [0.15, 0.2) is 16.5 Å². The van der Waals surface area contributed by atoms with Gasteiger partial charge in [0.05, 0.1) is 0 Å². The van der Waals surface area contributed by atoms with E-state index >= 15 is 0 Å². The first-order chi connectivity index (χ1) is 10.1. The molecular formula is C11H11N7O2S. The summed E-state index contributed by atoms with van der Waals surface area (Å²) < 4.78 is 5.39. The summed E-state index contributed by atoms with van der Waals surface area (Å²) in [6, 6.07) is 3.56. The Morgan fingerprint density at radius 2 is 2.19 bits per heavy atom. The molecule has 3 rings (SSSR count). The third-order valence-electron chi connectivity index (χ3n) is 2.47. The van der Waals surface area contributed by atoms with E-state index in [1.54, 1.807) is 12.1 Å². The van der Waals surface area contributed by atoms with Gasteiger partial charge in [0.25, 0.3) is 0 Å². The van der Waals surface area contributed by atoms with Crippen LogP contribution in [-0.2, 0) is 11.3 Å². The molecule has 0 fully saturated rings. The SMILES string of the molecule is Cc1ccc(-c2nnn(CC(=O)Nc3nnc(C)s3)n2)o1. The normalized spacial score (nSPS) is 10.8. The molecule has 0 saturated heterocycles. The molecule has 1 N–H and O–H groups in total. The van der Waals surface area contributed by atoms with E-state index in [0.717, 1.165) is 10.8 Å². The van der Waals surface area contributed by atoms with E-state index in [2.05, 4.69) is 30.9 Å². The summed E-state index contributed by atoms with van der Waals surface area (Å²) in [7, 11) is 0. The topological polar surface area (TPSA) is 112 Å². The number of amides is 1. The molecule has 108 valence electrons. The Morgan fingerprint density at radius 1 is 1.33 bits per heavy atom. The van der Waals surface area contributed by atoms with Crippen LogP contribution in [0.25, 0.3) is 11.6 Å². The Labute approximate surface area is 123 Å². The molecule has 0 saturated carbocycles. The van der Waals surface area contributed by atoms with Crippen LogP contribution in [-0.4, -0.2) is 36.3 Å². The number of rotatable bonds is 4. The number of hydrogen-bond acceptors (Lipinski definition) is 8. The summed E-state index contributed by atoms with van der Waals surface area (Å²) in [6.45, 7) is 3.57. The van der Waals surface area contributed by atoms with Crippen molar-refractivity contribution >= 4 is 22.4 Å². The standard InChI is InChI=1S/C11H11N7O2S/c1-6-3-4-8(20-6)10-14-17-18(16-10)5-9(19)12-11-15-13-7(2)21-11/h3-4H,5H2,1-2H3,(H,12,15,19). The van der Waals surface area contributed by atoms with Gasteiger partial charge in [-0.2, -0.15) is 4.80 Å². The van der Waals surface area contributed by atoms with Gasteiger partial charge in [0, 0.05) is 0 Å². The molecule has 0 aliphatic rings. The first-order valence-corrected chi connectivity index (χ1v) is 6.86. The van der Waals surface area contributed by atoms with Crippen molar-refractivity contribution < 1.29 is 9.21 Å². The number of anilines is 1. The minimum absolute atomic E-state index is 0.0642. The van der Waals surface area contributed by atoms with Gasteiger partial charge in [-0.3, -0.25) is 10.1 Å². The lowest BCUT2D eigenvalue weighted by Crippen LogP contribution is -2.20. The number of carbonyl (C=O) groups is 1. The summed E-state index contributed by atoms with van der Waals surface area (Å²) in [6.07, 6.45) is 0. The molecule has 1 amide bonds. The van der Waals surface area contributed by atoms with Crippen LogP contribution < -0.4 is 5.32 Å². The predicted molar refractivity (Wildman–Crippen MR) is 73.5 cm³/mol. The van der Waals surface area contributed by atoms with Gasteiger partial charge >= 0.3 is 0 Å². The second-order valence-corrected chi connectivity index (χ2v) is 5.41. The maximum atomic E-state index is 11.8. The number of tetrazole rings is 1. The monoisotopic (exact) mass is 305 g/mol. The van der Waals surface area contributed by atoms with Gasteiger partial charge in [-0.1, -0.05) is 11.3 Å². The van der Waals surface area contributed by atoms with Crippen LogP contribution >= 0.6 is 11.3 Å². The molecule has 3 aromatic rings. The zero-order valence-electron chi connectivity index (χ0n) is 11.3. The average Bonchev–Trinajstić information content (AvgIpc) is 3.12. The number of carbonyl (C=O) groups excluding carboxylic acids is 1. The molecule has 0 atom stereocenters. The lowest BCUT2D eigenvalue weighted by Gasteiger charge is -1.98. The molecule has 3 heterocycles. The van der Waals surface area contributed by atoms with Gasteiger partial charge in [-0.15, -0.1) is 20.4 Å². The highest BCUT2D eigenvalue weighted by molar-refractivity contribution is 7.15. The lowest BCUT2D eigenvalue weighted by molar-refractivity contribution is -0.117. The fourth-order valence-electron chi connectivity index (χ4n) is 1.60. The van der Waals surface area contributed by atoms with E-state index in [9.17, 15) is 4.79 Å². The van der Waals surface area contributed by atoms with Crippen molar-refractivity contribution in [1.29, 1.82) is 0 Å². The van der Waals surface area contributed by atoms with E-state index < -0.39 is 0 Å². The largest absolute Gasteiger partial charge is 0.458 e. The molecule has 0 bridgehead atoms. The van der Waals surface area contributed by atoms with Crippen molar-refractivity contribution in [3.8, 4) is 11.6 Å². The summed E-state index contributed by atoms with van der Waals surface area (Å²) >= 11 is 1.30. The fourth-order valence-corrected chi connectivity index (χ4v) is 2.21. The van der Waals surface area contributed by atoms with Crippen LogP contribution in [0.1, 0.15) is 10.8 Å². The second kappa shape index (κ2) is 5.40. The van der Waals surface area contributed by atoms with E-state index in [1.165, 1.54) is 16.1 Å². The molecule has 21 heavy (non-hydrogen) atoms. The van der Waals surface area contributed by atoms with Gasteiger partial charge in [-0.25, -0.2) is 0 Å². The molecule has 9 nitrogen and oxygen atoms in total. The van der Waals surface area contributed by atoms with E-state index in [4.69, 9.17) is 4.42 Å². The van der Waals surface area contributed by atoms with Gasteiger partial charge < -0.3 is 4.42 Å². The van der Waals surface area contributed by atoms with Gasteiger partial charge in [0.1, 0.15) is 17.3 Å². The van der Waals surface area contributed by atoms with Crippen molar-refractivity contribution in [2.24, 2.45) is 0 Å². The van der Waals surface area contributed by atoms with Crippen molar-refractivity contribution in [2.45, 2.75) is 20.4 Å². The van der Waals surface area contributed by atoms with Gasteiger partial charge in [-0.05, 0) is 31.2 Å². The second-order valence-electron chi connectivity index (χ2n) is 4.23. The van der Waals surface area contributed by atoms with Gasteiger partial charge in [0.2, 0.25) is 16.9 Å². The number of aryl methyl sites for hydroxylation is 2. The van der Waals surface area contributed by atoms with Crippen LogP contribution in [0.2, 0.25) is 0 Å². The third-order valence-corrected chi connectivity index (χ3v) is 3.23. The maximum Gasteiger partial charge on any atom is 0.249 e. The summed E-state index contributed by atoms with van der Waals surface area (Å²) in [5.74, 6) is 1.30. The van der Waals surface area contributed by atoms with E-state index in [0.29, 0.717) is 16.7 Å². The highest BCUT2D eigenvalue weighted by atomic mass is 32.1. The lowest BCUT2D eigenvalue weighted by atomic mass is 10.4. The molecule has 0 aliphatic carbocycles. The molecule has 0 radical (unpaired) electrons. The zero-order chi connectivity index (χ0) is 14.8. The number of nitrogens with one attached hydrogen (secondary N) is 1. The first-order valence-electron chi connectivity index (χ1n) is 6.05. The molecule has 3 aromatic heterocycles. The third kappa shape index (κ3) is 3.11. The number of aromatic nitrogens is 6. The van der Waals surface area contributed by atoms with E-state index in [1.807, 2.05) is 13.8 Å². The first kappa shape index (κ1) is 13.4. The van der Waals surface area contributed by atoms with Crippen molar-refractivity contribution in [3.63, 3.8) is 0 Å². The highest BCUT2D eigenvalue weighted by Gasteiger charge is 2.13. The van der Waals surface area contributed by atoms with Crippen molar-refractivity contribution in [1.82, 2.24) is 30.4 Å². The van der Waals surface area contributed by atoms with E-state index in [-0.39, 0.29) is 12.5 Å². The number of furan rings is 1. The zero-order valence-corrected chi connectivity index (χ0v) is 12.1. The smallest absolute Gasteiger partial charge is 0.249 e. The Bertz CT molecular complexity index is 775. The number of nitrogens with zero attached hydrogens (tertiary/aromatic N) is 6. The Balaban J connectivity index is 1.65. The molecule has 0 unspecified atom stereocenters. The summed E-state index contributed by atoms with van der Waals surface area (Å²) in [5, 5.41) is 23.2. The van der Waals surface area contributed by atoms with Crippen LogP contribution in [0.3, 0.4) is 0 Å². The minimum atomic E-state index is -0.300. The van der Waals surface area contributed by atoms with Crippen LogP contribution in [0.5, 0.6) is 0 Å². The minimum Gasteiger partial charge on any atom is -0.458 e. The van der Waals surface area contributed by atoms with Crippen LogP contribution in [0, 0.1) is 13.8 Å². The summed E-state index contributed by atoms with van der Waals surface area (Å²) in [4.78, 5) is 13.0. The molecule has 0 aliphatic heterocycles. The van der Waals surface area contributed by atoms with Crippen molar-refractivity contribution in [3.05, 3.63) is 22.9 Å². The molecule has 0 aromatic carbocycles. The Kier molecular flexibility index (Phi) is 3.44. The number of hydrogen-bond donors (Lipinski definition) is 1. The summed E-state index contributed by atoms with van der Waals surface area (Å²) in [5.41, 5.74) is 0. The predicted octanol–water partition coefficient (Wildman–Crippen LogP) is 1.04. The molecular weight excluding hydrogens is 294 g/mol. The fraction of sp³-hybridized carbons (Fsp3) is 0.273. The Morgan fingerprint density at radius 3 is 2.86 bits per heavy atom. The molecule has 0 spiro atoms. The van der Waals surface area contributed by atoms with Crippen molar-refractivity contribution in [2.75, 3.05) is 5.32 Å². The quantitative estimate of drug-likeness (QED) is 0.766. The highest BCUT2D eigenvalue weighted by Crippen LogP contribution is 2.16. The van der Waals surface area contributed by atoms with Gasteiger partial charge in [0.15, 0.2) is 5.76 Å². The van der Waals surface area contributed by atoms with Crippen LogP contribution in [0.4, 0.5) is 5.13 Å². The maximum absolute atomic E-state index is 11.8. The molecule has 10 heteroatoms.